The fourth-order valence-corrected chi connectivity index (χ4v) is 1.64. The minimum Gasteiger partial charge on any atom is -0.477 e. The second-order valence-corrected chi connectivity index (χ2v) is 4.23. The molecule has 0 bridgehead atoms. The summed E-state index contributed by atoms with van der Waals surface area (Å²) in [6.45, 7) is 1.25. The first-order valence-corrected chi connectivity index (χ1v) is 5.71. The number of nitrogens with zero attached hydrogens (tertiary/aromatic N) is 1. The Bertz CT molecular complexity index is 353. The number of rotatable bonds is 6. The Kier molecular flexibility index (Phi) is 3.72. The molecule has 0 amide bonds. The van der Waals surface area contributed by atoms with E-state index < -0.39 is 0 Å². The number of hydrogen-bond donors (Lipinski definition) is 1. The predicted octanol–water partition coefficient (Wildman–Crippen LogP) is 2.12. The molecule has 88 valence electrons. The number of hydrogen-bond acceptors (Lipinski definition) is 3. The zero-order valence-corrected chi connectivity index (χ0v) is 9.50. The molecule has 1 aromatic rings. The van der Waals surface area contributed by atoms with Gasteiger partial charge in [0.1, 0.15) is 5.82 Å². The van der Waals surface area contributed by atoms with Crippen LogP contribution < -0.4 is 10.1 Å². The van der Waals surface area contributed by atoms with Gasteiger partial charge in [0.25, 0.3) is 0 Å². The minimum atomic E-state index is -0.320. The Hall–Kier alpha value is -1.16. The van der Waals surface area contributed by atoms with Gasteiger partial charge in [-0.2, -0.15) is 0 Å². The van der Waals surface area contributed by atoms with Crippen molar-refractivity contribution in [3.05, 3.63) is 23.6 Å². The molecular formula is C12H17FN2O. The quantitative estimate of drug-likeness (QED) is 0.803. The third-order valence-electron chi connectivity index (χ3n) is 2.72. The highest BCUT2D eigenvalue weighted by Crippen LogP contribution is 2.32. The molecule has 1 heterocycles. The van der Waals surface area contributed by atoms with E-state index in [0.29, 0.717) is 19.0 Å². The Labute approximate surface area is 95.0 Å². The fourth-order valence-electron chi connectivity index (χ4n) is 1.64. The summed E-state index contributed by atoms with van der Waals surface area (Å²) in [6.07, 6.45) is 4.93. The molecule has 0 radical (unpaired) electrons. The first-order chi connectivity index (χ1) is 7.79. The molecule has 1 fully saturated rings. The Morgan fingerprint density at radius 1 is 1.56 bits per heavy atom. The highest BCUT2D eigenvalue weighted by molar-refractivity contribution is 5.25. The summed E-state index contributed by atoms with van der Waals surface area (Å²) >= 11 is 0. The summed E-state index contributed by atoms with van der Waals surface area (Å²) in [5.74, 6) is 1.07. The van der Waals surface area contributed by atoms with Crippen LogP contribution in [-0.2, 0) is 6.54 Å². The molecule has 2 rings (SSSR count). The lowest BCUT2D eigenvalue weighted by Gasteiger charge is -2.09. The summed E-state index contributed by atoms with van der Waals surface area (Å²) in [4.78, 5) is 3.98. The van der Waals surface area contributed by atoms with Gasteiger partial charge in [0.15, 0.2) is 0 Å². The molecule has 0 saturated heterocycles. The topological polar surface area (TPSA) is 34.2 Å². The van der Waals surface area contributed by atoms with Gasteiger partial charge in [-0.25, -0.2) is 9.37 Å². The van der Waals surface area contributed by atoms with Crippen LogP contribution >= 0.6 is 0 Å². The molecule has 1 aliphatic carbocycles. The van der Waals surface area contributed by atoms with Crippen molar-refractivity contribution >= 4 is 0 Å². The maximum absolute atomic E-state index is 13.0. The molecule has 0 atom stereocenters. The van der Waals surface area contributed by atoms with E-state index in [-0.39, 0.29) is 5.82 Å². The summed E-state index contributed by atoms with van der Waals surface area (Å²) in [5, 5.41) is 2.98. The Morgan fingerprint density at radius 3 is 3.06 bits per heavy atom. The van der Waals surface area contributed by atoms with Crippen LogP contribution in [0.15, 0.2) is 12.3 Å². The van der Waals surface area contributed by atoms with Crippen LogP contribution in [0, 0.1) is 11.7 Å². The molecule has 0 aliphatic heterocycles. The first kappa shape index (κ1) is 11.3. The number of pyridine rings is 1. The largest absolute Gasteiger partial charge is 0.477 e. The van der Waals surface area contributed by atoms with E-state index in [1.165, 1.54) is 25.1 Å². The van der Waals surface area contributed by atoms with Crippen LogP contribution in [0.5, 0.6) is 5.88 Å². The molecule has 0 unspecified atom stereocenters. The molecule has 0 aromatic carbocycles. The van der Waals surface area contributed by atoms with Crippen molar-refractivity contribution in [2.24, 2.45) is 5.92 Å². The lowest BCUT2D eigenvalue weighted by molar-refractivity contribution is 0.286. The van der Waals surface area contributed by atoms with Crippen LogP contribution in [0.25, 0.3) is 0 Å². The zero-order valence-electron chi connectivity index (χ0n) is 9.50. The maximum Gasteiger partial charge on any atom is 0.218 e. The van der Waals surface area contributed by atoms with Crippen molar-refractivity contribution < 1.29 is 9.13 Å². The van der Waals surface area contributed by atoms with Crippen LogP contribution in [0.1, 0.15) is 24.8 Å². The molecule has 16 heavy (non-hydrogen) atoms. The normalized spacial score (nSPS) is 15.1. The van der Waals surface area contributed by atoms with E-state index in [4.69, 9.17) is 4.74 Å². The van der Waals surface area contributed by atoms with Crippen LogP contribution in [0.4, 0.5) is 4.39 Å². The zero-order chi connectivity index (χ0) is 11.4. The predicted molar refractivity (Wildman–Crippen MR) is 59.8 cm³/mol. The van der Waals surface area contributed by atoms with Gasteiger partial charge in [-0.05, 0) is 25.5 Å². The lowest BCUT2D eigenvalue weighted by atomic mass is 10.2. The van der Waals surface area contributed by atoms with E-state index in [2.05, 4.69) is 10.3 Å². The number of nitrogens with one attached hydrogen (secondary N) is 1. The van der Waals surface area contributed by atoms with Gasteiger partial charge in [-0.3, -0.25) is 0 Å². The molecule has 1 aliphatic rings. The van der Waals surface area contributed by atoms with Gasteiger partial charge in [0.05, 0.1) is 12.8 Å². The van der Waals surface area contributed by atoms with E-state index in [9.17, 15) is 4.39 Å². The second kappa shape index (κ2) is 5.25. The third kappa shape index (κ3) is 3.17. The number of halogens is 1. The summed E-state index contributed by atoms with van der Waals surface area (Å²) in [5.41, 5.74) is 0.776. The average Bonchev–Trinajstić information content (AvgIpc) is 3.06. The molecule has 4 heteroatoms. The van der Waals surface area contributed by atoms with Crippen molar-refractivity contribution in [2.45, 2.75) is 25.8 Å². The van der Waals surface area contributed by atoms with Crippen LogP contribution in [0.3, 0.4) is 0 Å². The summed E-state index contributed by atoms with van der Waals surface area (Å²) in [7, 11) is 1.82. The minimum absolute atomic E-state index is 0.320. The van der Waals surface area contributed by atoms with Gasteiger partial charge in [-0.1, -0.05) is 12.8 Å². The molecular weight excluding hydrogens is 207 g/mol. The molecule has 1 saturated carbocycles. The smallest absolute Gasteiger partial charge is 0.218 e. The lowest BCUT2D eigenvalue weighted by Crippen LogP contribution is -2.10. The average molecular weight is 224 g/mol. The standard InChI is InChI=1S/C12H17FN2O/c1-14-7-10-6-11(13)8-15-12(10)16-5-4-9-2-3-9/h6,8-9,14H,2-5,7H2,1H3. The van der Waals surface area contributed by atoms with Crippen LogP contribution in [-0.4, -0.2) is 18.6 Å². The van der Waals surface area contributed by atoms with Gasteiger partial charge < -0.3 is 10.1 Å². The van der Waals surface area contributed by atoms with E-state index >= 15 is 0 Å². The van der Waals surface area contributed by atoms with Crippen molar-refractivity contribution in [1.82, 2.24) is 10.3 Å². The van der Waals surface area contributed by atoms with E-state index in [1.54, 1.807) is 0 Å². The summed E-state index contributed by atoms with van der Waals surface area (Å²) < 4.78 is 18.6. The molecule has 3 nitrogen and oxygen atoms in total. The van der Waals surface area contributed by atoms with Crippen molar-refractivity contribution in [3.63, 3.8) is 0 Å². The van der Waals surface area contributed by atoms with E-state index in [0.717, 1.165) is 17.9 Å². The van der Waals surface area contributed by atoms with Crippen molar-refractivity contribution in [2.75, 3.05) is 13.7 Å². The van der Waals surface area contributed by atoms with Gasteiger partial charge in [-0.15, -0.1) is 0 Å². The van der Waals surface area contributed by atoms with Gasteiger partial charge in [0, 0.05) is 12.1 Å². The first-order valence-electron chi connectivity index (χ1n) is 5.71. The van der Waals surface area contributed by atoms with Crippen molar-refractivity contribution in [1.29, 1.82) is 0 Å². The van der Waals surface area contributed by atoms with Gasteiger partial charge in [0.2, 0.25) is 5.88 Å². The molecule has 0 spiro atoms. The Morgan fingerprint density at radius 2 is 2.38 bits per heavy atom. The fraction of sp³-hybridized carbons (Fsp3) is 0.583. The Balaban J connectivity index is 1.93. The molecule has 1 N–H and O–H groups in total. The van der Waals surface area contributed by atoms with Gasteiger partial charge >= 0.3 is 0 Å². The highest BCUT2D eigenvalue weighted by atomic mass is 19.1. The SMILES string of the molecule is CNCc1cc(F)cnc1OCCC1CC1. The highest BCUT2D eigenvalue weighted by Gasteiger charge is 2.21. The third-order valence-corrected chi connectivity index (χ3v) is 2.72. The maximum atomic E-state index is 13.0. The van der Waals surface area contributed by atoms with Crippen LogP contribution in [0.2, 0.25) is 0 Å². The number of aromatic nitrogens is 1. The van der Waals surface area contributed by atoms with E-state index in [1.807, 2.05) is 7.05 Å². The van der Waals surface area contributed by atoms with Crippen molar-refractivity contribution in [3.8, 4) is 5.88 Å². The summed E-state index contributed by atoms with van der Waals surface area (Å²) in [6, 6.07) is 1.47. The monoisotopic (exact) mass is 224 g/mol. The number of ether oxygens (including phenoxy) is 1. The molecule has 1 aromatic heterocycles. The second-order valence-electron chi connectivity index (χ2n) is 4.23.